The third kappa shape index (κ3) is 1.99. The van der Waals surface area contributed by atoms with Crippen LogP contribution in [0, 0.1) is 6.92 Å². The number of nitrogen functional groups attached to an aromatic ring is 1. The van der Waals surface area contributed by atoms with Gasteiger partial charge in [-0.2, -0.15) is 0 Å². The molecule has 4 nitrogen and oxygen atoms in total. The third-order valence-electron chi connectivity index (χ3n) is 3.33. The van der Waals surface area contributed by atoms with E-state index in [4.69, 9.17) is 10.5 Å². The molecule has 2 heterocycles. The average Bonchev–Trinajstić information content (AvgIpc) is 2.39. The van der Waals surface area contributed by atoms with Gasteiger partial charge < -0.3 is 15.4 Å². The van der Waals surface area contributed by atoms with Crippen molar-refractivity contribution in [1.29, 1.82) is 0 Å². The molecule has 1 aliphatic rings. The van der Waals surface area contributed by atoms with Gasteiger partial charge in [-0.05, 0) is 25.1 Å². The van der Waals surface area contributed by atoms with Gasteiger partial charge in [0.25, 0.3) is 0 Å². The molecule has 18 heavy (non-hydrogen) atoms. The maximum atomic E-state index is 6.06. The van der Waals surface area contributed by atoms with Crippen molar-refractivity contribution in [3.63, 3.8) is 0 Å². The summed E-state index contributed by atoms with van der Waals surface area (Å²) < 4.78 is 5.36. The van der Waals surface area contributed by atoms with Crippen molar-refractivity contribution in [3.8, 4) is 0 Å². The Bertz CT molecular complexity index is 577. The fourth-order valence-electron chi connectivity index (χ4n) is 2.36. The van der Waals surface area contributed by atoms with Crippen molar-refractivity contribution in [3.05, 3.63) is 29.8 Å². The second-order valence-electron chi connectivity index (χ2n) is 4.69. The van der Waals surface area contributed by atoms with Crippen LogP contribution in [0.25, 0.3) is 10.9 Å². The molecule has 1 fully saturated rings. The van der Waals surface area contributed by atoms with Crippen LogP contribution in [0.4, 0.5) is 11.5 Å². The molecule has 1 aliphatic heterocycles. The molecule has 0 atom stereocenters. The lowest BCUT2D eigenvalue weighted by molar-refractivity contribution is 0.123. The van der Waals surface area contributed by atoms with E-state index in [-0.39, 0.29) is 0 Å². The van der Waals surface area contributed by atoms with Gasteiger partial charge in [0.15, 0.2) is 0 Å². The molecular formula is C14H17N3O. The van der Waals surface area contributed by atoms with E-state index in [2.05, 4.69) is 35.0 Å². The smallest absolute Gasteiger partial charge is 0.147 e. The molecule has 3 rings (SSSR count). The first kappa shape index (κ1) is 11.3. The van der Waals surface area contributed by atoms with Crippen molar-refractivity contribution in [1.82, 2.24) is 4.98 Å². The Morgan fingerprint density at radius 2 is 2.00 bits per heavy atom. The van der Waals surface area contributed by atoms with Crippen molar-refractivity contribution >= 4 is 22.4 Å². The van der Waals surface area contributed by atoms with Crippen molar-refractivity contribution in [2.75, 3.05) is 36.9 Å². The summed E-state index contributed by atoms with van der Waals surface area (Å²) in [4.78, 5) is 6.73. The predicted octanol–water partition coefficient (Wildman–Crippen LogP) is 1.96. The number of aromatic nitrogens is 1. The predicted molar refractivity (Wildman–Crippen MR) is 73.9 cm³/mol. The number of aryl methyl sites for hydroxylation is 1. The number of nitrogens with zero attached hydrogens (tertiary/aromatic N) is 2. The van der Waals surface area contributed by atoms with E-state index in [0.717, 1.165) is 42.9 Å². The zero-order chi connectivity index (χ0) is 12.5. The lowest BCUT2D eigenvalue weighted by Gasteiger charge is -2.29. The van der Waals surface area contributed by atoms with Gasteiger partial charge in [0.2, 0.25) is 0 Å². The first-order valence-electron chi connectivity index (χ1n) is 6.23. The van der Waals surface area contributed by atoms with Crippen LogP contribution < -0.4 is 10.6 Å². The Balaban J connectivity index is 2.07. The fraction of sp³-hybridized carbons (Fsp3) is 0.357. The number of fused-ring (bicyclic) bond motifs is 1. The number of ether oxygens (including phenoxy) is 1. The number of hydrogen-bond donors (Lipinski definition) is 1. The lowest BCUT2D eigenvalue weighted by Crippen LogP contribution is -2.36. The maximum absolute atomic E-state index is 6.06. The molecule has 1 saturated heterocycles. The number of benzene rings is 1. The second-order valence-corrected chi connectivity index (χ2v) is 4.69. The minimum atomic E-state index is 0.605. The van der Waals surface area contributed by atoms with Crippen molar-refractivity contribution in [2.24, 2.45) is 0 Å². The molecule has 2 aromatic rings. The van der Waals surface area contributed by atoms with Gasteiger partial charge in [0.05, 0.1) is 24.4 Å². The molecule has 0 aliphatic carbocycles. The molecular weight excluding hydrogens is 226 g/mol. The van der Waals surface area contributed by atoms with Crippen LogP contribution in [0.15, 0.2) is 24.3 Å². The highest BCUT2D eigenvalue weighted by Crippen LogP contribution is 2.27. The molecule has 2 N–H and O–H groups in total. The van der Waals surface area contributed by atoms with Gasteiger partial charge in [0.1, 0.15) is 5.82 Å². The van der Waals surface area contributed by atoms with Crippen LogP contribution >= 0.6 is 0 Å². The van der Waals surface area contributed by atoms with Gasteiger partial charge in [-0.3, -0.25) is 0 Å². The summed E-state index contributed by atoms with van der Waals surface area (Å²) in [6.07, 6.45) is 0. The summed E-state index contributed by atoms with van der Waals surface area (Å²) in [5, 5.41) is 1.14. The molecule has 0 radical (unpaired) electrons. The molecule has 0 saturated carbocycles. The average molecular weight is 243 g/mol. The number of anilines is 2. The van der Waals surface area contributed by atoms with Gasteiger partial charge in [-0.25, -0.2) is 4.98 Å². The van der Waals surface area contributed by atoms with Gasteiger partial charge in [-0.1, -0.05) is 11.6 Å². The Labute approximate surface area is 106 Å². The fourth-order valence-corrected chi connectivity index (χ4v) is 2.36. The minimum absolute atomic E-state index is 0.605. The van der Waals surface area contributed by atoms with E-state index < -0.39 is 0 Å². The normalized spacial score (nSPS) is 16.2. The van der Waals surface area contributed by atoms with E-state index in [1.54, 1.807) is 0 Å². The molecule has 1 aromatic heterocycles. The largest absolute Gasteiger partial charge is 0.382 e. The van der Waals surface area contributed by atoms with Crippen LogP contribution in [-0.2, 0) is 4.74 Å². The van der Waals surface area contributed by atoms with E-state index in [0.29, 0.717) is 5.82 Å². The summed E-state index contributed by atoms with van der Waals surface area (Å²) in [5.41, 5.74) is 9.28. The maximum Gasteiger partial charge on any atom is 0.147 e. The zero-order valence-corrected chi connectivity index (χ0v) is 10.5. The van der Waals surface area contributed by atoms with Crippen LogP contribution in [0.1, 0.15) is 5.56 Å². The molecule has 4 heteroatoms. The SMILES string of the molecule is Cc1ccc2nc(N)c(N3CCOCC3)cc2c1. The Kier molecular flexibility index (Phi) is 2.80. The van der Waals surface area contributed by atoms with Crippen LogP contribution in [-0.4, -0.2) is 31.3 Å². The quantitative estimate of drug-likeness (QED) is 0.832. The summed E-state index contributed by atoms with van der Waals surface area (Å²) in [6.45, 7) is 5.35. The highest BCUT2D eigenvalue weighted by atomic mass is 16.5. The van der Waals surface area contributed by atoms with Gasteiger partial charge in [0, 0.05) is 18.5 Å². The van der Waals surface area contributed by atoms with E-state index in [9.17, 15) is 0 Å². The number of pyridine rings is 1. The topological polar surface area (TPSA) is 51.4 Å². The highest BCUT2D eigenvalue weighted by Gasteiger charge is 2.15. The standard InChI is InChI=1S/C14H17N3O/c1-10-2-3-12-11(8-10)9-13(14(15)16-12)17-4-6-18-7-5-17/h2-3,8-9H,4-7H2,1H3,(H2,15,16). The van der Waals surface area contributed by atoms with Crippen molar-refractivity contribution in [2.45, 2.75) is 6.92 Å². The first-order valence-corrected chi connectivity index (χ1v) is 6.23. The van der Waals surface area contributed by atoms with Crippen molar-refractivity contribution < 1.29 is 4.74 Å². The van der Waals surface area contributed by atoms with Crippen LogP contribution in [0.5, 0.6) is 0 Å². The molecule has 0 bridgehead atoms. The first-order chi connectivity index (χ1) is 8.74. The zero-order valence-electron chi connectivity index (χ0n) is 10.5. The lowest BCUT2D eigenvalue weighted by atomic mass is 10.1. The Hall–Kier alpha value is -1.81. The molecule has 94 valence electrons. The molecule has 1 aromatic carbocycles. The number of morpholine rings is 1. The third-order valence-corrected chi connectivity index (χ3v) is 3.33. The summed E-state index contributed by atoms with van der Waals surface area (Å²) >= 11 is 0. The number of hydrogen-bond acceptors (Lipinski definition) is 4. The number of rotatable bonds is 1. The molecule has 0 spiro atoms. The van der Waals surface area contributed by atoms with Gasteiger partial charge >= 0.3 is 0 Å². The van der Waals surface area contributed by atoms with Crippen LogP contribution in [0.3, 0.4) is 0 Å². The number of nitrogens with two attached hydrogens (primary N) is 1. The second kappa shape index (κ2) is 4.46. The summed E-state index contributed by atoms with van der Waals surface area (Å²) in [5.74, 6) is 0.605. The molecule has 0 unspecified atom stereocenters. The van der Waals surface area contributed by atoms with E-state index in [1.165, 1.54) is 5.56 Å². The minimum Gasteiger partial charge on any atom is -0.382 e. The Morgan fingerprint density at radius 1 is 1.22 bits per heavy atom. The van der Waals surface area contributed by atoms with E-state index in [1.807, 2.05) is 6.07 Å². The summed E-state index contributed by atoms with van der Waals surface area (Å²) in [7, 11) is 0. The highest BCUT2D eigenvalue weighted by molar-refractivity contribution is 5.86. The van der Waals surface area contributed by atoms with E-state index >= 15 is 0 Å². The monoisotopic (exact) mass is 243 g/mol. The Morgan fingerprint density at radius 3 is 2.78 bits per heavy atom. The molecule has 0 amide bonds. The van der Waals surface area contributed by atoms with Gasteiger partial charge in [-0.15, -0.1) is 0 Å². The summed E-state index contributed by atoms with van der Waals surface area (Å²) in [6, 6.07) is 8.36. The van der Waals surface area contributed by atoms with Crippen LogP contribution in [0.2, 0.25) is 0 Å².